The lowest BCUT2D eigenvalue weighted by Gasteiger charge is -2.13. The van der Waals surface area contributed by atoms with Crippen molar-refractivity contribution in [1.29, 1.82) is 0 Å². The van der Waals surface area contributed by atoms with Gasteiger partial charge in [-0.2, -0.15) is 5.10 Å². The second-order valence-electron chi connectivity index (χ2n) is 7.69. The first-order valence-electron chi connectivity index (χ1n) is 11.8. The molecule has 3 amide bonds. The highest BCUT2D eigenvalue weighted by Gasteiger charge is 2.15. The Kier molecular flexibility index (Phi) is 11.0. The largest absolute Gasteiger partial charge is 0.492 e. The van der Waals surface area contributed by atoms with Crippen LogP contribution < -0.4 is 30.3 Å². The van der Waals surface area contributed by atoms with Gasteiger partial charge in [0.05, 0.1) is 35.2 Å². The summed E-state index contributed by atoms with van der Waals surface area (Å²) in [5.74, 6) is -1.14. The summed E-state index contributed by atoms with van der Waals surface area (Å²) in [7, 11) is 0. The molecule has 0 aromatic heterocycles. The van der Waals surface area contributed by atoms with Gasteiger partial charge in [0.25, 0.3) is 5.91 Å². The van der Waals surface area contributed by atoms with Gasteiger partial charge in [0, 0.05) is 5.69 Å². The van der Waals surface area contributed by atoms with Crippen LogP contribution >= 0.6 is 23.2 Å². The molecule has 0 saturated carbocycles. The molecule has 3 rings (SSSR count). The molecule has 204 valence electrons. The van der Waals surface area contributed by atoms with Gasteiger partial charge in [-0.25, -0.2) is 5.43 Å². The molecule has 0 fully saturated rings. The molecular weight excluding hydrogens is 547 g/mol. The van der Waals surface area contributed by atoms with Crippen molar-refractivity contribution in [3.05, 3.63) is 76.3 Å². The number of carbonyl (C=O) groups excluding carboxylic acids is 3. The van der Waals surface area contributed by atoms with Crippen LogP contribution in [0.1, 0.15) is 19.4 Å². The minimum absolute atomic E-state index is 0.286. The normalized spacial score (nSPS) is 10.6. The molecule has 0 aliphatic carbocycles. The van der Waals surface area contributed by atoms with Crippen molar-refractivity contribution in [2.24, 2.45) is 5.10 Å². The van der Waals surface area contributed by atoms with Crippen LogP contribution in [0.25, 0.3) is 0 Å². The van der Waals surface area contributed by atoms with Crippen LogP contribution in [0.15, 0.2) is 65.8 Å². The number of ether oxygens (including phenoxy) is 3. The van der Waals surface area contributed by atoms with Crippen LogP contribution in [0.5, 0.6) is 17.2 Å². The van der Waals surface area contributed by atoms with Gasteiger partial charge in [0.2, 0.25) is 0 Å². The Bertz CT molecular complexity index is 1370. The zero-order valence-electron chi connectivity index (χ0n) is 21.1. The number of hydrogen-bond acceptors (Lipinski definition) is 7. The third-order valence-corrected chi connectivity index (χ3v) is 5.59. The maximum atomic E-state index is 12.3. The summed E-state index contributed by atoms with van der Waals surface area (Å²) in [6.45, 7) is 4.07. The number of benzene rings is 3. The van der Waals surface area contributed by atoms with Crippen molar-refractivity contribution < 1.29 is 28.6 Å². The van der Waals surface area contributed by atoms with E-state index in [4.69, 9.17) is 37.4 Å². The summed E-state index contributed by atoms with van der Waals surface area (Å²) >= 11 is 11.9. The van der Waals surface area contributed by atoms with E-state index in [0.717, 1.165) is 0 Å². The molecule has 0 unspecified atom stereocenters. The van der Waals surface area contributed by atoms with Crippen LogP contribution in [0, 0.1) is 0 Å². The fourth-order valence-corrected chi connectivity index (χ4v) is 3.45. The van der Waals surface area contributed by atoms with Gasteiger partial charge < -0.3 is 24.8 Å². The highest BCUT2D eigenvalue weighted by molar-refractivity contribution is 6.42. The van der Waals surface area contributed by atoms with Crippen LogP contribution in [0.3, 0.4) is 0 Å². The highest BCUT2D eigenvalue weighted by atomic mass is 35.5. The monoisotopic (exact) mass is 572 g/mol. The number of nitrogens with one attached hydrogen (secondary N) is 3. The van der Waals surface area contributed by atoms with Crippen LogP contribution in [0.4, 0.5) is 11.4 Å². The zero-order valence-corrected chi connectivity index (χ0v) is 22.6. The molecule has 0 aliphatic rings. The molecule has 10 nitrogen and oxygen atoms in total. The standard InChI is InChI=1S/C27H26Cl2N4O6/c1-3-37-22-8-6-5-7-21(22)32-26(35)27(36)33-30-15-17-9-12-23(24(13-17)38-4-2)39-16-25(34)31-18-10-11-19(28)20(29)14-18/h5-15H,3-4,16H2,1-2H3,(H,31,34)(H,32,35)(H,33,36)/b30-15-. The van der Waals surface area contributed by atoms with Gasteiger partial charge >= 0.3 is 11.8 Å². The fourth-order valence-electron chi connectivity index (χ4n) is 3.15. The van der Waals surface area contributed by atoms with Gasteiger partial charge in [-0.3, -0.25) is 14.4 Å². The Morgan fingerprint density at radius 3 is 2.28 bits per heavy atom. The predicted molar refractivity (Wildman–Crippen MR) is 150 cm³/mol. The zero-order chi connectivity index (χ0) is 28.2. The van der Waals surface area contributed by atoms with Gasteiger partial charge in [0.1, 0.15) is 5.75 Å². The molecule has 3 aromatic rings. The number of para-hydroxylation sites is 2. The Morgan fingerprint density at radius 1 is 0.795 bits per heavy atom. The lowest BCUT2D eigenvalue weighted by atomic mass is 10.2. The summed E-state index contributed by atoms with van der Waals surface area (Å²) in [5.41, 5.74) is 3.57. The summed E-state index contributed by atoms with van der Waals surface area (Å²) in [6.07, 6.45) is 1.34. The second-order valence-corrected chi connectivity index (χ2v) is 8.50. The number of halogens is 2. The van der Waals surface area contributed by atoms with Crippen LogP contribution in [-0.4, -0.2) is 43.8 Å². The molecular formula is C27H26Cl2N4O6. The van der Waals surface area contributed by atoms with Crippen molar-refractivity contribution >= 4 is 58.5 Å². The maximum absolute atomic E-state index is 12.3. The van der Waals surface area contributed by atoms with E-state index < -0.39 is 17.7 Å². The van der Waals surface area contributed by atoms with E-state index in [1.54, 1.807) is 61.5 Å². The van der Waals surface area contributed by atoms with E-state index in [0.29, 0.717) is 57.4 Å². The van der Waals surface area contributed by atoms with E-state index in [9.17, 15) is 14.4 Å². The molecule has 0 aliphatic heterocycles. The predicted octanol–water partition coefficient (Wildman–Crippen LogP) is 4.90. The van der Waals surface area contributed by atoms with Gasteiger partial charge in [-0.05, 0) is 67.9 Å². The fraction of sp³-hybridized carbons (Fsp3) is 0.185. The van der Waals surface area contributed by atoms with E-state index in [1.165, 1.54) is 12.3 Å². The van der Waals surface area contributed by atoms with Gasteiger partial charge in [-0.1, -0.05) is 35.3 Å². The topological polar surface area (TPSA) is 127 Å². The highest BCUT2D eigenvalue weighted by Crippen LogP contribution is 2.29. The number of carbonyl (C=O) groups is 3. The Labute approximate surface area is 235 Å². The molecule has 0 saturated heterocycles. The number of anilines is 2. The maximum Gasteiger partial charge on any atom is 0.329 e. The SMILES string of the molecule is CCOc1ccccc1NC(=O)C(=O)N/N=C\c1ccc(OCC(=O)Nc2ccc(Cl)c(Cl)c2)c(OCC)c1. The number of amides is 3. The molecule has 0 spiro atoms. The third-order valence-electron chi connectivity index (χ3n) is 4.85. The van der Waals surface area contributed by atoms with E-state index in [1.807, 2.05) is 6.92 Å². The van der Waals surface area contributed by atoms with Crippen molar-refractivity contribution in [3.63, 3.8) is 0 Å². The molecule has 3 N–H and O–H groups in total. The lowest BCUT2D eigenvalue weighted by molar-refractivity contribution is -0.136. The Hall–Kier alpha value is -4.28. The minimum atomic E-state index is -0.962. The van der Waals surface area contributed by atoms with Crippen molar-refractivity contribution in [3.8, 4) is 17.2 Å². The number of hydrogen-bond donors (Lipinski definition) is 3. The first-order valence-corrected chi connectivity index (χ1v) is 12.6. The van der Waals surface area contributed by atoms with Crippen LogP contribution in [-0.2, 0) is 14.4 Å². The van der Waals surface area contributed by atoms with E-state index in [-0.39, 0.29) is 6.61 Å². The third kappa shape index (κ3) is 8.91. The minimum Gasteiger partial charge on any atom is -0.492 e. The molecule has 0 radical (unpaired) electrons. The lowest BCUT2D eigenvalue weighted by Crippen LogP contribution is -2.32. The number of hydrazone groups is 1. The number of nitrogens with zero attached hydrogens (tertiary/aromatic N) is 1. The summed E-state index contributed by atoms with van der Waals surface area (Å²) in [4.78, 5) is 36.7. The van der Waals surface area contributed by atoms with E-state index >= 15 is 0 Å². The molecule has 39 heavy (non-hydrogen) atoms. The quantitative estimate of drug-likeness (QED) is 0.170. The molecule has 0 atom stereocenters. The molecule has 0 bridgehead atoms. The summed E-state index contributed by atoms with van der Waals surface area (Å²) in [6, 6.07) is 16.3. The van der Waals surface area contributed by atoms with Crippen molar-refractivity contribution in [2.75, 3.05) is 30.5 Å². The van der Waals surface area contributed by atoms with Crippen molar-refractivity contribution in [2.45, 2.75) is 13.8 Å². The summed E-state index contributed by atoms with van der Waals surface area (Å²) in [5, 5.41) is 9.68. The second kappa shape index (κ2) is 14.6. The first-order chi connectivity index (χ1) is 18.8. The summed E-state index contributed by atoms with van der Waals surface area (Å²) < 4.78 is 16.7. The molecule has 0 heterocycles. The van der Waals surface area contributed by atoms with E-state index in [2.05, 4.69) is 21.2 Å². The van der Waals surface area contributed by atoms with Gasteiger partial charge in [0.15, 0.2) is 18.1 Å². The van der Waals surface area contributed by atoms with Gasteiger partial charge in [-0.15, -0.1) is 0 Å². The van der Waals surface area contributed by atoms with Crippen molar-refractivity contribution in [1.82, 2.24) is 5.43 Å². The molecule has 12 heteroatoms. The average molecular weight is 573 g/mol. The average Bonchev–Trinajstić information content (AvgIpc) is 2.91. The number of rotatable bonds is 11. The Balaban J connectivity index is 1.57. The Morgan fingerprint density at radius 2 is 1.54 bits per heavy atom. The van der Waals surface area contributed by atoms with Crippen LogP contribution in [0.2, 0.25) is 10.0 Å². The molecule has 3 aromatic carbocycles. The first kappa shape index (κ1) is 29.3. The smallest absolute Gasteiger partial charge is 0.329 e.